The van der Waals surface area contributed by atoms with Crippen molar-refractivity contribution in [1.29, 1.82) is 5.26 Å². The standard InChI is InChI=1S/C27H24N4O2/c1-18-12-22(15-23(13-18)33-3)27-25(17-31(30-27)11-9-28)21-8-10-29-26(16-21)24-7-5-4-6-20(24)14-19(2)32/h4-8,10,12-13,15-17H,11,14H2,1-3H3. The van der Waals surface area contributed by atoms with Crippen LogP contribution in [0.5, 0.6) is 5.75 Å². The van der Waals surface area contributed by atoms with Gasteiger partial charge in [-0.3, -0.25) is 14.5 Å². The molecule has 6 nitrogen and oxygen atoms in total. The van der Waals surface area contributed by atoms with Crippen LogP contribution in [0.1, 0.15) is 18.1 Å². The van der Waals surface area contributed by atoms with E-state index in [1.165, 1.54) is 0 Å². The van der Waals surface area contributed by atoms with Gasteiger partial charge in [-0.2, -0.15) is 10.4 Å². The molecule has 4 aromatic rings. The number of aryl methyl sites for hydroxylation is 1. The lowest BCUT2D eigenvalue weighted by Gasteiger charge is -2.10. The van der Waals surface area contributed by atoms with Gasteiger partial charge in [0, 0.05) is 35.5 Å². The molecule has 33 heavy (non-hydrogen) atoms. The van der Waals surface area contributed by atoms with Crippen LogP contribution in [-0.4, -0.2) is 27.7 Å². The molecule has 0 saturated carbocycles. The number of hydrogen-bond donors (Lipinski definition) is 0. The summed E-state index contributed by atoms with van der Waals surface area (Å²) in [6.07, 6.45) is 4.00. The van der Waals surface area contributed by atoms with Gasteiger partial charge in [0.15, 0.2) is 0 Å². The van der Waals surface area contributed by atoms with Crippen LogP contribution in [-0.2, 0) is 17.8 Å². The monoisotopic (exact) mass is 436 g/mol. The second-order valence-electron chi connectivity index (χ2n) is 7.95. The number of hydrogen-bond acceptors (Lipinski definition) is 5. The first-order chi connectivity index (χ1) is 16.0. The Labute approximate surface area is 193 Å². The number of aromatic nitrogens is 3. The minimum atomic E-state index is 0.104. The first-order valence-electron chi connectivity index (χ1n) is 10.6. The molecule has 0 radical (unpaired) electrons. The van der Waals surface area contributed by atoms with Crippen molar-refractivity contribution < 1.29 is 9.53 Å². The first-order valence-corrected chi connectivity index (χ1v) is 10.6. The maximum atomic E-state index is 11.8. The topological polar surface area (TPSA) is 80.8 Å². The van der Waals surface area contributed by atoms with Gasteiger partial charge in [-0.15, -0.1) is 0 Å². The zero-order valence-corrected chi connectivity index (χ0v) is 18.9. The number of Topliss-reactive ketones (excluding diaryl/α,β-unsaturated/α-hetero) is 1. The molecule has 2 aromatic carbocycles. The van der Waals surface area contributed by atoms with Crippen LogP contribution in [0.3, 0.4) is 0 Å². The highest BCUT2D eigenvalue weighted by Gasteiger charge is 2.16. The molecule has 0 amide bonds. The third-order valence-corrected chi connectivity index (χ3v) is 5.36. The van der Waals surface area contributed by atoms with Gasteiger partial charge in [-0.1, -0.05) is 24.3 Å². The van der Waals surface area contributed by atoms with Gasteiger partial charge in [0.1, 0.15) is 23.8 Å². The van der Waals surface area contributed by atoms with E-state index in [4.69, 9.17) is 9.84 Å². The van der Waals surface area contributed by atoms with Crippen molar-refractivity contribution in [1.82, 2.24) is 14.8 Å². The fourth-order valence-corrected chi connectivity index (χ4v) is 3.94. The van der Waals surface area contributed by atoms with E-state index >= 15 is 0 Å². The molecular weight excluding hydrogens is 412 g/mol. The number of methoxy groups -OCH3 is 1. The van der Waals surface area contributed by atoms with Crippen molar-refractivity contribution in [3.8, 4) is 45.5 Å². The second kappa shape index (κ2) is 9.49. The molecule has 0 saturated heterocycles. The van der Waals surface area contributed by atoms with E-state index in [1.54, 1.807) is 24.9 Å². The molecule has 0 unspecified atom stereocenters. The number of nitriles is 1. The van der Waals surface area contributed by atoms with Gasteiger partial charge in [0.05, 0.1) is 18.9 Å². The van der Waals surface area contributed by atoms with E-state index in [0.29, 0.717) is 6.42 Å². The first kappa shape index (κ1) is 22.0. The molecule has 6 heteroatoms. The maximum Gasteiger partial charge on any atom is 0.134 e. The molecule has 4 rings (SSSR count). The maximum absolute atomic E-state index is 11.8. The Hall–Kier alpha value is -4.24. The zero-order chi connectivity index (χ0) is 23.4. The zero-order valence-electron chi connectivity index (χ0n) is 18.9. The number of carbonyl (C=O) groups excluding carboxylic acids is 1. The largest absolute Gasteiger partial charge is 0.497 e. The lowest BCUT2D eigenvalue weighted by atomic mass is 9.96. The summed E-state index contributed by atoms with van der Waals surface area (Å²) in [5, 5.41) is 13.9. The van der Waals surface area contributed by atoms with Crippen LogP contribution in [0.15, 0.2) is 67.0 Å². The van der Waals surface area contributed by atoms with Crippen molar-refractivity contribution in [2.75, 3.05) is 7.11 Å². The molecule has 0 bridgehead atoms. The molecule has 0 N–H and O–H groups in total. The molecule has 0 aliphatic heterocycles. The van der Waals surface area contributed by atoms with Crippen molar-refractivity contribution >= 4 is 5.78 Å². The van der Waals surface area contributed by atoms with Gasteiger partial charge in [0.25, 0.3) is 0 Å². The van der Waals surface area contributed by atoms with Gasteiger partial charge in [-0.25, -0.2) is 0 Å². The van der Waals surface area contributed by atoms with Crippen LogP contribution in [0.4, 0.5) is 0 Å². The molecule has 2 heterocycles. The normalized spacial score (nSPS) is 10.6. The van der Waals surface area contributed by atoms with Crippen molar-refractivity contribution in [3.05, 3.63) is 78.1 Å². The highest BCUT2D eigenvalue weighted by atomic mass is 16.5. The minimum absolute atomic E-state index is 0.104. The average molecular weight is 437 g/mol. The average Bonchev–Trinajstić information content (AvgIpc) is 3.23. The smallest absolute Gasteiger partial charge is 0.134 e. The summed E-state index contributed by atoms with van der Waals surface area (Å²) in [5.74, 6) is 0.853. The van der Waals surface area contributed by atoms with E-state index in [1.807, 2.05) is 61.7 Å². The van der Waals surface area contributed by atoms with Crippen LogP contribution in [0.2, 0.25) is 0 Å². The van der Waals surface area contributed by atoms with E-state index < -0.39 is 0 Å². The highest BCUT2D eigenvalue weighted by Crippen LogP contribution is 2.35. The molecule has 0 spiro atoms. The summed E-state index contributed by atoms with van der Waals surface area (Å²) in [7, 11) is 1.64. The van der Waals surface area contributed by atoms with Crippen molar-refractivity contribution in [2.45, 2.75) is 26.8 Å². The number of pyridine rings is 1. The summed E-state index contributed by atoms with van der Waals surface area (Å²) in [5.41, 5.74) is 7.21. The molecule has 0 atom stereocenters. The number of nitrogens with zero attached hydrogens (tertiary/aromatic N) is 4. The van der Waals surface area contributed by atoms with Gasteiger partial charge in [-0.05, 0) is 60.9 Å². The lowest BCUT2D eigenvalue weighted by Crippen LogP contribution is -1.99. The molecule has 164 valence electrons. The Morgan fingerprint density at radius 2 is 1.91 bits per heavy atom. The Morgan fingerprint density at radius 1 is 1.09 bits per heavy atom. The van der Waals surface area contributed by atoms with E-state index in [-0.39, 0.29) is 12.3 Å². The van der Waals surface area contributed by atoms with Crippen LogP contribution in [0, 0.1) is 18.3 Å². The molecule has 2 aromatic heterocycles. The molecule has 0 fully saturated rings. The molecule has 0 aliphatic carbocycles. The second-order valence-corrected chi connectivity index (χ2v) is 7.95. The summed E-state index contributed by atoms with van der Waals surface area (Å²) in [6, 6.07) is 19.9. The molecule has 0 aliphatic rings. The van der Waals surface area contributed by atoms with Gasteiger partial charge in [0.2, 0.25) is 0 Å². The summed E-state index contributed by atoms with van der Waals surface area (Å²) >= 11 is 0. The van der Waals surface area contributed by atoms with Gasteiger partial charge >= 0.3 is 0 Å². The highest BCUT2D eigenvalue weighted by molar-refractivity contribution is 5.84. The number of ketones is 1. The summed E-state index contributed by atoms with van der Waals surface area (Å²) in [6.45, 7) is 3.75. The third-order valence-electron chi connectivity index (χ3n) is 5.36. The Kier molecular flexibility index (Phi) is 6.32. The number of carbonyl (C=O) groups is 1. The summed E-state index contributed by atoms with van der Waals surface area (Å²) < 4.78 is 7.10. The van der Waals surface area contributed by atoms with Gasteiger partial charge < -0.3 is 4.74 Å². The lowest BCUT2D eigenvalue weighted by molar-refractivity contribution is -0.116. The Balaban J connectivity index is 1.85. The predicted octanol–water partition coefficient (Wildman–Crippen LogP) is 5.25. The minimum Gasteiger partial charge on any atom is -0.497 e. The molecular formula is C27H24N4O2. The summed E-state index contributed by atoms with van der Waals surface area (Å²) in [4.78, 5) is 16.3. The third kappa shape index (κ3) is 4.83. The Morgan fingerprint density at radius 3 is 2.67 bits per heavy atom. The van der Waals surface area contributed by atoms with Crippen molar-refractivity contribution in [2.24, 2.45) is 0 Å². The Bertz CT molecular complexity index is 1360. The van der Waals surface area contributed by atoms with Crippen LogP contribution in [0.25, 0.3) is 33.6 Å². The van der Waals surface area contributed by atoms with Crippen LogP contribution < -0.4 is 4.74 Å². The predicted molar refractivity (Wildman–Crippen MR) is 128 cm³/mol. The van der Waals surface area contributed by atoms with E-state index in [2.05, 4.69) is 17.1 Å². The number of ether oxygens (including phenoxy) is 1. The quantitative estimate of drug-likeness (QED) is 0.395. The fourth-order valence-electron chi connectivity index (χ4n) is 3.94. The number of benzene rings is 2. The van der Waals surface area contributed by atoms with E-state index in [9.17, 15) is 10.1 Å². The van der Waals surface area contributed by atoms with Crippen molar-refractivity contribution in [3.63, 3.8) is 0 Å². The number of rotatable bonds is 7. The van der Waals surface area contributed by atoms with E-state index in [0.717, 1.165) is 50.5 Å². The fraction of sp³-hybridized carbons (Fsp3) is 0.185. The van der Waals surface area contributed by atoms with Crippen LogP contribution >= 0.6 is 0 Å². The SMILES string of the molecule is COc1cc(C)cc(-c2nn(CC#N)cc2-c2ccnc(-c3ccccc3CC(C)=O)c2)c1.